The van der Waals surface area contributed by atoms with Crippen LogP contribution in [0.5, 0.6) is 0 Å². The molecule has 0 bridgehead atoms. The molecule has 2 unspecified atom stereocenters. The lowest BCUT2D eigenvalue weighted by Gasteiger charge is -2.25. The van der Waals surface area contributed by atoms with Crippen molar-refractivity contribution in [2.24, 2.45) is 17.6 Å². The Morgan fingerprint density at radius 2 is 2.41 bits per heavy atom. The number of nitrogens with two attached hydrogens (primary N) is 1. The number of aromatic nitrogens is 2. The normalized spacial score (nSPS) is 22.9. The van der Waals surface area contributed by atoms with Crippen molar-refractivity contribution in [3.8, 4) is 0 Å². The summed E-state index contributed by atoms with van der Waals surface area (Å²) in [5.74, 6) is 1.05. The van der Waals surface area contributed by atoms with Gasteiger partial charge in [-0.05, 0) is 18.8 Å². The Kier molecular flexibility index (Phi) is 4.18. The van der Waals surface area contributed by atoms with Crippen LogP contribution in [0.4, 0.5) is 0 Å². The summed E-state index contributed by atoms with van der Waals surface area (Å²) in [5, 5.41) is 0. The molecule has 17 heavy (non-hydrogen) atoms. The van der Waals surface area contributed by atoms with Crippen molar-refractivity contribution in [1.82, 2.24) is 9.55 Å². The minimum Gasteiger partial charge on any atom is -0.381 e. The molecular weight excluding hydrogens is 214 g/mol. The lowest BCUT2D eigenvalue weighted by molar-refractivity contribution is 0.0479. The monoisotopic (exact) mass is 237 g/mol. The largest absolute Gasteiger partial charge is 0.381 e. The van der Waals surface area contributed by atoms with E-state index in [2.05, 4.69) is 23.4 Å². The van der Waals surface area contributed by atoms with Crippen LogP contribution in [0.2, 0.25) is 0 Å². The molecule has 2 atom stereocenters. The molecular formula is C13H23N3O. The van der Waals surface area contributed by atoms with E-state index in [1.165, 1.54) is 12.8 Å². The number of hydrogen-bond acceptors (Lipinski definition) is 3. The third-order valence-corrected chi connectivity index (χ3v) is 3.51. The Labute approximate surface area is 103 Å². The van der Waals surface area contributed by atoms with Gasteiger partial charge in [-0.25, -0.2) is 4.98 Å². The van der Waals surface area contributed by atoms with E-state index in [0.29, 0.717) is 11.8 Å². The van der Waals surface area contributed by atoms with Crippen LogP contribution in [-0.2, 0) is 11.3 Å². The first-order chi connectivity index (χ1) is 8.18. The number of ether oxygens (including phenoxy) is 1. The zero-order chi connectivity index (χ0) is 12.3. The highest BCUT2D eigenvalue weighted by molar-refractivity contribution is 5.05. The molecule has 2 N–H and O–H groups in total. The summed E-state index contributed by atoms with van der Waals surface area (Å²) in [6.45, 7) is 7.06. The molecule has 1 aromatic rings. The molecule has 4 heteroatoms. The van der Waals surface area contributed by atoms with Crippen LogP contribution >= 0.6 is 0 Å². The van der Waals surface area contributed by atoms with Crippen molar-refractivity contribution in [3.63, 3.8) is 0 Å². The highest BCUT2D eigenvalue weighted by Crippen LogP contribution is 2.21. The fourth-order valence-corrected chi connectivity index (χ4v) is 2.33. The summed E-state index contributed by atoms with van der Waals surface area (Å²) in [6, 6.07) is 0.0713. The number of nitrogens with zero attached hydrogens (tertiary/aromatic N) is 2. The zero-order valence-corrected chi connectivity index (χ0v) is 10.8. The molecule has 2 heterocycles. The first kappa shape index (κ1) is 12.6. The molecule has 0 amide bonds. The van der Waals surface area contributed by atoms with Gasteiger partial charge in [-0.1, -0.05) is 13.8 Å². The summed E-state index contributed by atoms with van der Waals surface area (Å²) in [5.41, 5.74) is 7.34. The SMILES string of the molecule is CC(C)C(N)c1cncn1CC1CCCOC1. The van der Waals surface area contributed by atoms with Crippen LogP contribution in [0, 0.1) is 11.8 Å². The third kappa shape index (κ3) is 3.07. The maximum Gasteiger partial charge on any atom is 0.0948 e. The first-order valence-electron chi connectivity index (χ1n) is 6.52. The van der Waals surface area contributed by atoms with E-state index in [4.69, 9.17) is 10.5 Å². The molecule has 0 radical (unpaired) electrons. The van der Waals surface area contributed by atoms with Gasteiger partial charge in [-0.2, -0.15) is 0 Å². The highest BCUT2D eigenvalue weighted by Gasteiger charge is 2.19. The molecule has 0 spiro atoms. The zero-order valence-electron chi connectivity index (χ0n) is 10.8. The molecule has 0 aliphatic carbocycles. The summed E-state index contributed by atoms with van der Waals surface area (Å²) >= 11 is 0. The molecule has 4 nitrogen and oxygen atoms in total. The standard InChI is InChI=1S/C13H23N3O/c1-10(2)13(14)12-6-15-9-16(12)7-11-4-3-5-17-8-11/h6,9-11,13H,3-5,7-8,14H2,1-2H3. The van der Waals surface area contributed by atoms with Gasteiger partial charge in [0.1, 0.15) is 0 Å². The van der Waals surface area contributed by atoms with Gasteiger partial charge in [0.25, 0.3) is 0 Å². The maximum absolute atomic E-state index is 6.20. The van der Waals surface area contributed by atoms with Gasteiger partial charge in [0.05, 0.1) is 18.6 Å². The topological polar surface area (TPSA) is 53.1 Å². The Balaban J connectivity index is 2.02. The van der Waals surface area contributed by atoms with Crippen LogP contribution in [0.25, 0.3) is 0 Å². The fourth-order valence-electron chi connectivity index (χ4n) is 2.33. The molecule has 0 aromatic carbocycles. The number of imidazole rings is 1. The van der Waals surface area contributed by atoms with Crippen molar-refractivity contribution in [3.05, 3.63) is 18.2 Å². The van der Waals surface area contributed by atoms with E-state index < -0.39 is 0 Å². The lowest BCUT2D eigenvalue weighted by Crippen LogP contribution is -2.25. The van der Waals surface area contributed by atoms with Gasteiger partial charge in [0.15, 0.2) is 0 Å². The summed E-state index contributed by atoms with van der Waals surface area (Å²) in [4.78, 5) is 4.23. The van der Waals surface area contributed by atoms with E-state index in [0.717, 1.165) is 25.5 Å². The van der Waals surface area contributed by atoms with E-state index >= 15 is 0 Å². The minimum absolute atomic E-state index is 0.0713. The molecule has 96 valence electrons. The lowest BCUT2D eigenvalue weighted by atomic mass is 10.00. The average Bonchev–Trinajstić information content (AvgIpc) is 2.77. The van der Waals surface area contributed by atoms with Crippen molar-refractivity contribution in [2.45, 2.75) is 39.3 Å². The molecule has 1 fully saturated rings. The van der Waals surface area contributed by atoms with Crippen LogP contribution in [0.1, 0.15) is 38.4 Å². The summed E-state index contributed by atoms with van der Waals surface area (Å²) in [6.07, 6.45) is 6.21. The van der Waals surface area contributed by atoms with Crippen LogP contribution < -0.4 is 5.73 Å². The van der Waals surface area contributed by atoms with Crippen LogP contribution in [-0.4, -0.2) is 22.8 Å². The van der Waals surface area contributed by atoms with E-state index in [1.807, 2.05) is 12.5 Å². The maximum atomic E-state index is 6.20. The highest BCUT2D eigenvalue weighted by atomic mass is 16.5. The Morgan fingerprint density at radius 3 is 3.06 bits per heavy atom. The predicted molar refractivity (Wildman–Crippen MR) is 67.5 cm³/mol. The van der Waals surface area contributed by atoms with Crippen molar-refractivity contribution in [1.29, 1.82) is 0 Å². The first-order valence-corrected chi connectivity index (χ1v) is 6.52. The molecule has 1 aromatic heterocycles. The number of rotatable bonds is 4. The average molecular weight is 237 g/mol. The minimum atomic E-state index is 0.0713. The van der Waals surface area contributed by atoms with Gasteiger partial charge < -0.3 is 15.0 Å². The van der Waals surface area contributed by atoms with Gasteiger partial charge in [0.2, 0.25) is 0 Å². The smallest absolute Gasteiger partial charge is 0.0948 e. The molecule has 1 aliphatic rings. The molecule has 1 saturated heterocycles. The quantitative estimate of drug-likeness (QED) is 0.871. The van der Waals surface area contributed by atoms with Gasteiger partial charge in [0, 0.05) is 31.3 Å². The predicted octanol–water partition coefficient (Wildman–Crippen LogP) is 1.97. The van der Waals surface area contributed by atoms with E-state index in [1.54, 1.807) is 0 Å². The van der Waals surface area contributed by atoms with Gasteiger partial charge in [-0.15, -0.1) is 0 Å². The Morgan fingerprint density at radius 1 is 1.59 bits per heavy atom. The molecule has 1 aliphatic heterocycles. The fraction of sp³-hybridized carbons (Fsp3) is 0.769. The Hall–Kier alpha value is -0.870. The summed E-state index contributed by atoms with van der Waals surface area (Å²) in [7, 11) is 0. The van der Waals surface area contributed by atoms with Crippen LogP contribution in [0.15, 0.2) is 12.5 Å². The second-order valence-corrected chi connectivity index (χ2v) is 5.32. The Bertz CT molecular complexity index is 342. The van der Waals surface area contributed by atoms with Gasteiger partial charge >= 0.3 is 0 Å². The number of hydrogen-bond donors (Lipinski definition) is 1. The van der Waals surface area contributed by atoms with Crippen LogP contribution in [0.3, 0.4) is 0 Å². The summed E-state index contributed by atoms with van der Waals surface area (Å²) < 4.78 is 7.71. The van der Waals surface area contributed by atoms with Crippen molar-refractivity contribution in [2.75, 3.05) is 13.2 Å². The second kappa shape index (κ2) is 5.65. The van der Waals surface area contributed by atoms with Crippen molar-refractivity contribution < 1.29 is 4.74 Å². The molecule has 0 saturated carbocycles. The third-order valence-electron chi connectivity index (χ3n) is 3.51. The van der Waals surface area contributed by atoms with E-state index in [9.17, 15) is 0 Å². The molecule has 2 rings (SSSR count). The van der Waals surface area contributed by atoms with Crippen molar-refractivity contribution >= 4 is 0 Å². The van der Waals surface area contributed by atoms with Gasteiger partial charge in [-0.3, -0.25) is 0 Å². The van der Waals surface area contributed by atoms with E-state index in [-0.39, 0.29) is 6.04 Å². The second-order valence-electron chi connectivity index (χ2n) is 5.32.